The lowest BCUT2D eigenvalue weighted by atomic mass is 10.1. The second-order valence-electron chi connectivity index (χ2n) is 4.14. The van der Waals surface area contributed by atoms with E-state index in [1.807, 2.05) is 24.3 Å². The van der Waals surface area contributed by atoms with E-state index in [-0.39, 0.29) is 6.10 Å². The highest BCUT2D eigenvalue weighted by Crippen LogP contribution is 2.25. The van der Waals surface area contributed by atoms with Gasteiger partial charge < -0.3 is 4.74 Å². The summed E-state index contributed by atoms with van der Waals surface area (Å²) < 4.78 is 5.90. The van der Waals surface area contributed by atoms with Crippen LogP contribution in [0.15, 0.2) is 48.5 Å². The van der Waals surface area contributed by atoms with Gasteiger partial charge in [-0.2, -0.15) is 0 Å². The van der Waals surface area contributed by atoms with Crippen molar-refractivity contribution in [1.29, 1.82) is 0 Å². The van der Waals surface area contributed by atoms with Crippen molar-refractivity contribution in [1.82, 2.24) is 0 Å². The molecule has 0 fully saturated rings. The molecular formula is C15H13O. The zero-order chi connectivity index (χ0) is 10.8. The first-order valence-electron chi connectivity index (χ1n) is 5.62. The van der Waals surface area contributed by atoms with E-state index in [1.54, 1.807) is 0 Å². The van der Waals surface area contributed by atoms with Crippen LogP contribution in [0.1, 0.15) is 11.1 Å². The van der Waals surface area contributed by atoms with Crippen LogP contribution in [-0.2, 0) is 12.8 Å². The number of benzene rings is 2. The lowest BCUT2D eigenvalue weighted by molar-refractivity contribution is 0.213. The van der Waals surface area contributed by atoms with Crippen molar-refractivity contribution < 1.29 is 4.74 Å². The first-order chi connectivity index (χ1) is 7.92. The molecule has 0 saturated carbocycles. The van der Waals surface area contributed by atoms with Gasteiger partial charge in [-0.3, -0.25) is 0 Å². The molecule has 1 aliphatic carbocycles. The molecule has 1 heteroatoms. The molecule has 1 radical (unpaired) electrons. The molecule has 1 aliphatic rings. The van der Waals surface area contributed by atoms with Gasteiger partial charge in [-0.15, -0.1) is 0 Å². The van der Waals surface area contributed by atoms with Crippen molar-refractivity contribution in [3.63, 3.8) is 0 Å². The summed E-state index contributed by atoms with van der Waals surface area (Å²) in [5.41, 5.74) is 2.84. The lowest BCUT2D eigenvalue weighted by Gasteiger charge is -2.12. The molecule has 79 valence electrons. The Labute approximate surface area is 95.7 Å². The van der Waals surface area contributed by atoms with Gasteiger partial charge in [0.1, 0.15) is 11.9 Å². The van der Waals surface area contributed by atoms with Gasteiger partial charge in [0.25, 0.3) is 0 Å². The third kappa shape index (κ3) is 1.81. The molecule has 3 rings (SSSR count). The van der Waals surface area contributed by atoms with E-state index >= 15 is 0 Å². The summed E-state index contributed by atoms with van der Waals surface area (Å²) in [5.74, 6) is 0.848. The quantitative estimate of drug-likeness (QED) is 0.738. The zero-order valence-electron chi connectivity index (χ0n) is 9.02. The van der Waals surface area contributed by atoms with Crippen molar-refractivity contribution in [3.05, 3.63) is 65.7 Å². The minimum Gasteiger partial charge on any atom is -0.489 e. The third-order valence-corrected chi connectivity index (χ3v) is 2.99. The Kier molecular flexibility index (Phi) is 2.37. The summed E-state index contributed by atoms with van der Waals surface area (Å²) in [6.07, 6.45) is 2.30. The normalized spacial score (nSPS) is 14.8. The molecule has 2 aromatic rings. The van der Waals surface area contributed by atoms with Crippen molar-refractivity contribution in [2.24, 2.45) is 0 Å². The molecule has 0 aromatic heterocycles. The third-order valence-electron chi connectivity index (χ3n) is 2.99. The molecule has 0 N–H and O–H groups in total. The van der Waals surface area contributed by atoms with Crippen molar-refractivity contribution >= 4 is 0 Å². The van der Waals surface area contributed by atoms with Gasteiger partial charge in [0, 0.05) is 18.9 Å². The fourth-order valence-electron chi connectivity index (χ4n) is 2.23. The predicted octanol–water partition coefficient (Wildman–Crippen LogP) is 3.03. The van der Waals surface area contributed by atoms with Crippen LogP contribution in [0.4, 0.5) is 0 Å². The Bertz CT molecular complexity index is 451. The van der Waals surface area contributed by atoms with Crippen LogP contribution in [0.2, 0.25) is 0 Å². The molecule has 0 unspecified atom stereocenters. The van der Waals surface area contributed by atoms with Gasteiger partial charge >= 0.3 is 0 Å². The number of para-hydroxylation sites is 1. The monoisotopic (exact) mass is 209 g/mol. The van der Waals surface area contributed by atoms with E-state index in [1.165, 1.54) is 11.1 Å². The number of rotatable bonds is 2. The van der Waals surface area contributed by atoms with Crippen molar-refractivity contribution in [2.45, 2.75) is 18.9 Å². The number of ether oxygens (including phenoxy) is 1. The van der Waals surface area contributed by atoms with Crippen LogP contribution in [0.25, 0.3) is 0 Å². The van der Waals surface area contributed by atoms with Crippen LogP contribution in [0, 0.1) is 6.07 Å². The lowest BCUT2D eigenvalue weighted by Crippen LogP contribution is -2.16. The highest BCUT2D eigenvalue weighted by Gasteiger charge is 2.22. The van der Waals surface area contributed by atoms with E-state index in [0.29, 0.717) is 0 Å². The molecular weight excluding hydrogens is 196 g/mol. The standard InChI is InChI=1S/C15H13O/c1-2-8-14(9-3-1)16-15-10-12-6-4-5-7-13(12)11-15/h1-8,15H,10-11H2. The highest BCUT2D eigenvalue weighted by molar-refractivity contribution is 5.33. The van der Waals surface area contributed by atoms with Gasteiger partial charge in [0.2, 0.25) is 0 Å². The van der Waals surface area contributed by atoms with E-state index in [4.69, 9.17) is 4.74 Å². The van der Waals surface area contributed by atoms with Gasteiger partial charge in [0.15, 0.2) is 0 Å². The Morgan fingerprint density at radius 2 is 1.62 bits per heavy atom. The smallest absolute Gasteiger partial charge is 0.127 e. The molecule has 0 amide bonds. The summed E-state index contributed by atoms with van der Waals surface area (Å²) >= 11 is 0. The number of fused-ring (bicyclic) bond motifs is 1. The Hall–Kier alpha value is -1.76. The number of hydrogen-bond acceptors (Lipinski definition) is 1. The molecule has 0 bridgehead atoms. The van der Waals surface area contributed by atoms with E-state index in [2.05, 4.69) is 30.3 Å². The predicted molar refractivity (Wildman–Crippen MR) is 63.5 cm³/mol. The maximum absolute atomic E-state index is 5.90. The Morgan fingerprint density at radius 1 is 0.938 bits per heavy atom. The maximum atomic E-state index is 5.90. The van der Waals surface area contributed by atoms with E-state index in [9.17, 15) is 0 Å². The van der Waals surface area contributed by atoms with E-state index in [0.717, 1.165) is 18.6 Å². The average Bonchev–Trinajstić information content (AvgIpc) is 2.72. The Morgan fingerprint density at radius 3 is 2.25 bits per heavy atom. The summed E-state index contributed by atoms with van der Waals surface area (Å²) in [6.45, 7) is 0. The van der Waals surface area contributed by atoms with Crippen LogP contribution >= 0.6 is 0 Å². The molecule has 2 aromatic carbocycles. The minimum atomic E-state index is 0.274. The first kappa shape index (κ1) is 9.46. The molecule has 1 nitrogen and oxygen atoms in total. The second kappa shape index (κ2) is 4.01. The molecule has 0 saturated heterocycles. The molecule has 0 heterocycles. The van der Waals surface area contributed by atoms with E-state index < -0.39 is 0 Å². The fraction of sp³-hybridized carbons (Fsp3) is 0.200. The summed E-state index contributed by atoms with van der Waals surface area (Å²) in [4.78, 5) is 0. The van der Waals surface area contributed by atoms with Crippen LogP contribution in [0.5, 0.6) is 5.75 Å². The summed E-state index contributed by atoms with van der Waals surface area (Å²) in [7, 11) is 0. The van der Waals surface area contributed by atoms with Crippen LogP contribution in [0.3, 0.4) is 0 Å². The average molecular weight is 209 g/mol. The van der Waals surface area contributed by atoms with Crippen molar-refractivity contribution in [2.75, 3.05) is 0 Å². The van der Waals surface area contributed by atoms with Crippen LogP contribution < -0.4 is 4.74 Å². The maximum Gasteiger partial charge on any atom is 0.127 e. The van der Waals surface area contributed by atoms with Gasteiger partial charge in [-0.25, -0.2) is 0 Å². The van der Waals surface area contributed by atoms with Crippen LogP contribution in [-0.4, -0.2) is 6.10 Å². The van der Waals surface area contributed by atoms with Crippen molar-refractivity contribution in [3.8, 4) is 5.75 Å². The molecule has 0 aliphatic heterocycles. The first-order valence-corrected chi connectivity index (χ1v) is 5.62. The largest absolute Gasteiger partial charge is 0.489 e. The van der Waals surface area contributed by atoms with Gasteiger partial charge in [-0.05, 0) is 17.2 Å². The minimum absolute atomic E-state index is 0.274. The second-order valence-corrected chi connectivity index (χ2v) is 4.14. The molecule has 0 spiro atoms. The van der Waals surface area contributed by atoms with Gasteiger partial charge in [0.05, 0.1) is 0 Å². The zero-order valence-corrected chi connectivity index (χ0v) is 9.02. The number of hydrogen-bond donors (Lipinski definition) is 0. The fourth-order valence-corrected chi connectivity index (χ4v) is 2.23. The molecule has 0 atom stereocenters. The topological polar surface area (TPSA) is 9.23 Å². The molecule has 16 heavy (non-hydrogen) atoms. The highest BCUT2D eigenvalue weighted by atomic mass is 16.5. The summed E-state index contributed by atoms with van der Waals surface area (Å²) in [6, 6.07) is 19.4. The van der Waals surface area contributed by atoms with Gasteiger partial charge in [-0.1, -0.05) is 42.5 Å². The summed E-state index contributed by atoms with van der Waals surface area (Å²) in [5, 5.41) is 0. The SMILES string of the molecule is [c]1ccccc1OC1Cc2ccccc2C1. The Balaban J connectivity index is 1.73.